The quantitative estimate of drug-likeness (QED) is 0.735. The third-order valence-electron chi connectivity index (χ3n) is 3.58. The molecule has 2 heterocycles. The Hall–Kier alpha value is -1.88. The molecule has 1 N–H and O–H groups in total. The van der Waals surface area contributed by atoms with Gasteiger partial charge in [0.25, 0.3) is 0 Å². The molecule has 2 fully saturated rings. The van der Waals surface area contributed by atoms with Crippen LogP contribution in [-0.4, -0.2) is 65.2 Å². The van der Waals surface area contributed by atoms with Crippen LogP contribution in [0.15, 0.2) is 0 Å². The molecule has 0 radical (unpaired) electrons. The molecule has 8 nitrogen and oxygen atoms in total. The lowest BCUT2D eigenvalue weighted by Crippen LogP contribution is -2.67. The van der Waals surface area contributed by atoms with Crippen molar-refractivity contribution in [1.82, 2.24) is 10.2 Å². The van der Waals surface area contributed by atoms with Crippen LogP contribution in [-0.2, 0) is 23.8 Å². The molecular weight excluding hydrogens is 361 g/mol. The van der Waals surface area contributed by atoms with Crippen molar-refractivity contribution in [2.24, 2.45) is 0 Å². The number of ether oxygens (including phenoxy) is 3. The Labute approximate surface area is 147 Å². The first-order valence-electron chi connectivity index (χ1n) is 7.86. The number of alkyl halides is 3. The van der Waals surface area contributed by atoms with Crippen molar-refractivity contribution in [3.8, 4) is 0 Å². The van der Waals surface area contributed by atoms with E-state index in [-0.39, 0.29) is 0 Å². The molecule has 3 atom stereocenters. The molecule has 0 spiro atoms. The number of piperidine rings is 1. The molecule has 2 saturated heterocycles. The van der Waals surface area contributed by atoms with Crippen molar-refractivity contribution in [3.63, 3.8) is 0 Å². The molecule has 0 aromatic heterocycles. The minimum atomic E-state index is -5.18. The lowest BCUT2D eigenvalue weighted by molar-refractivity contribution is -0.179. The second kappa shape index (κ2) is 6.38. The first kappa shape index (κ1) is 20.4. The van der Waals surface area contributed by atoms with Gasteiger partial charge in [0.05, 0.1) is 6.54 Å². The minimum Gasteiger partial charge on any atom is -0.444 e. The first-order chi connectivity index (χ1) is 11.6. The highest BCUT2D eigenvalue weighted by molar-refractivity contribution is 5.91. The van der Waals surface area contributed by atoms with Gasteiger partial charge in [0.2, 0.25) is 0 Å². The van der Waals surface area contributed by atoms with Gasteiger partial charge in [-0.05, 0) is 34.6 Å². The highest BCUT2D eigenvalue weighted by atomic mass is 19.4. The second-order valence-electron chi connectivity index (χ2n) is 7.51. The lowest BCUT2D eigenvalue weighted by Gasteiger charge is -2.40. The van der Waals surface area contributed by atoms with E-state index < -0.39 is 60.3 Å². The molecule has 11 heteroatoms. The number of nitrogens with one attached hydrogen (secondary N) is 1. The third-order valence-corrected chi connectivity index (χ3v) is 3.58. The highest BCUT2D eigenvalue weighted by Crippen LogP contribution is 2.35. The fourth-order valence-corrected chi connectivity index (χ4v) is 2.68. The number of ketones is 1. The molecule has 148 valence electrons. The van der Waals surface area contributed by atoms with Crippen LogP contribution in [0.5, 0.6) is 0 Å². The molecule has 0 bridgehead atoms. The van der Waals surface area contributed by atoms with E-state index in [0.717, 1.165) is 0 Å². The first-order valence-corrected chi connectivity index (χ1v) is 7.86. The van der Waals surface area contributed by atoms with Crippen molar-refractivity contribution in [3.05, 3.63) is 0 Å². The third kappa shape index (κ3) is 4.44. The maximum Gasteiger partial charge on any atom is 0.471 e. The summed E-state index contributed by atoms with van der Waals surface area (Å²) in [4.78, 5) is 36.8. The van der Waals surface area contributed by atoms with Crippen molar-refractivity contribution in [2.75, 3.05) is 6.54 Å². The minimum absolute atomic E-state index is 0.566. The molecule has 0 unspecified atom stereocenters. The molecule has 2 amide bonds. The number of carbonyl (C=O) groups excluding carboxylic acids is 3. The lowest BCUT2D eigenvalue weighted by atomic mass is 10.0. The van der Waals surface area contributed by atoms with Gasteiger partial charge in [-0.25, -0.2) is 4.79 Å². The molecular formula is C15H21F3N2O6. The predicted octanol–water partition coefficient (Wildman–Crippen LogP) is 1.33. The fourth-order valence-electron chi connectivity index (χ4n) is 2.68. The summed E-state index contributed by atoms with van der Waals surface area (Å²) >= 11 is 0. The Kier molecular flexibility index (Phi) is 5.01. The summed E-state index contributed by atoms with van der Waals surface area (Å²) in [6.45, 7) is 7.03. The Morgan fingerprint density at radius 2 is 1.81 bits per heavy atom. The number of carbonyl (C=O) groups is 3. The molecule has 0 aromatic rings. The molecule has 0 aromatic carbocycles. The van der Waals surface area contributed by atoms with Crippen LogP contribution >= 0.6 is 0 Å². The van der Waals surface area contributed by atoms with Gasteiger partial charge < -0.3 is 19.5 Å². The summed E-state index contributed by atoms with van der Waals surface area (Å²) in [5.41, 5.74) is -0.956. The zero-order valence-electron chi connectivity index (χ0n) is 15.0. The number of amides is 2. The Morgan fingerprint density at radius 1 is 1.23 bits per heavy atom. The number of hydrogen-bond donors (Lipinski definition) is 1. The summed E-state index contributed by atoms with van der Waals surface area (Å²) in [7, 11) is 0. The molecule has 2 rings (SSSR count). The van der Waals surface area contributed by atoms with Crippen LogP contribution in [0.25, 0.3) is 0 Å². The van der Waals surface area contributed by atoms with E-state index in [9.17, 15) is 27.6 Å². The van der Waals surface area contributed by atoms with Gasteiger partial charge in [-0.3, -0.25) is 14.5 Å². The zero-order chi connectivity index (χ0) is 20.1. The van der Waals surface area contributed by atoms with Crippen molar-refractivity contribution in [1.29, 1.82) is 0 Å². The Morgan fingerprint density at radius 3 is 2.31 bits per heavy atom. The van der Waals surface area contributed by atoms with E-state index >= 15 is 0 Å². The van der Waals surface area contributed by atoms with E-state index in [1.165, 1.54) is 13.8 Å². The van der Waals surface area contributed by atoms with Crippen molar-refractivity contribution < 1.29 is 41.8 Å². The van der Waals surface area contributed by atoms with E-state index in [0.29, 0.717) is 4.90 Å². The predicted molar refractivity (Wildman–Crippen MR) is 79.8 cm³/mol. The maximum atomic E-state index is 12.7. The number of fused-ring (bicyclic) bond motifs is 1. The van der Waals surface area contributed by atoms with Gasteiger partial charge in [0, 0.05) is 0 Å². The Bertz CT molecular complexity index is 613. The highest BCUT2D eigenvalue weighted by Gasteiger charge is 2.56. The zero-order valence-corrected chi connectivity index (χ0v) is 15.0. The van der Waals surface area contributed by atoms with Crippen LogP contribution in [0.4, 0.5) is 18.0 Å². The molecule has 0 aliphatic carbocycles. The van der Waals surface area contributed by atoms with E-state index in [1.807, 2.05) is 0 Å². The summed E-state index contributed by atoms with van der Waals surface area (Å²) in [5.74, 6) is -4.10. The Balaban J connectivity index is 2.34. The SMILES string of the molecule is CC(C)(C)OC(=O)N1CC(=O)[C@@H]2OC(C)(C)O[C@@H]2[C@H]1NC(=O)C(F)(F)F. The van der Waals surface area contributed by atoms with Gasteiger partial charge in [0.1, 0.15) is 17.9 Å². The van der Waals surface area contributed by atoms with Crippen LogP contribution < -0.4 is 5.32 Å². The average molecular weight is 382 g/mol. The van der Waals surface area contributed by atoms with Gasteiger partial charge >= 0.3 is 18.2 Å². The van der Waals surface area contributed by atoms with Gasteiger partial charge in [-0.1, -0.05) is 0 Å². The fraction of sp³-hybridized carbons (Fsp3) is 0.800. The van der Waals surface area contributed by atoms with E-state index in [2.05, 4.69) is 0 Å². The molecule has 26 heavy (non-hydrogen) atoms. The topological polar surface area (TPSA) is 94.2 Å². The smallest absolute Gasteiger partial charge is 0.444 e. The molecule has 2 aliphatic rings. The van der Waals surface area contributed by atoms with E-state index in [1.54, 1.807) is 26.1 Å². The number of Topliss-reactive ketones (excluding diaryl/α,β-unsaturated/α-hetero) is 1. The van der Waals surface area contributed by atoms with Gasteiger partial charge in [0.15, 0.2) is 17.7 Å². The van der Waals surface area contributed by atoms with Crippen LogP contribution in [0.1, 0.15) is 34.6 Å². The van der Waals surface area contributed by atoms with Crippen LogP contribution in [0.2, 0.25) is 0 Å². The standard InChI is InChI=1S/C15H21F3N2O6/c1-13(2,3)26-12(23)20-6-7(21)8-9(25-14(4,5)24-8)10(20)19-11(22)15(16,17)18/h8-10H,6H2,1-5H3,(H,19,22)/t8-,9-,10-/m0/s1. The number of halogens is 3. The number of hydrogen-bond acceptors (Lipinski definition) is 6. The number of likely N-dealkylation sites (tertiary alicyclic amines) is 1. The number of rotatable bonds is 1. The maximum absolute atomic E-state index is 12.7. The number of nitrogens with zero attached hydrogens (tertiary/aromatic N) is 1. The molecule has 2 aliphatic heterocycles. The second-order valence-corrected chi connectivity index (χ2v) is 7.51. The van der Waals surface area contributed by atoms with E-state index in [4.69, 9.17) is 14.2 Å². The monoisotopic (exact) mass is 382 g/mol. The van der Waals surface area contributed by atoms with Crippen molar-refractivity contribution in [2.45, 2.75) is 70.6 Å². The summed E-state index contributed by atoms with van der Waals surface area (Å²) in [5, 5.41) is 1.71. The van der Waals surface area contributed by atoms with Gasteiger partial charge in [-0.2, -0.15) is 13.2 Å². The summed E-state index contributed by atoms with van der Waals surface area (Å²) in [6.07, 6.45) is -10.3. The average Bonchev–Trinajstić information content (AvgIpc) is 2.74. The molecule has 0 saturated carbocycles. The summed E-state index contributed by atoms with van der Waals surface area (Å²) < 4.78 is 54.1. The summed E-state index contributed by atoms with van der Waals surface area (Å²) in [6, 6.07) is 0. The van der Waals surface area contributed by atoms with Crippen LogP contribution in [0.3, 0.4) is 0 Å². The van der Waals surface area contributed by atoms with Crippen LogP contribution in [0, 0.1) is 0 Å². The van der Waals surface area contributed by atoms with Crippen molar-refractivity contribution >= 4 is 17.8 Å². The van der Waals surface area contributed by atoms with Gasteiger partial charge in [-0.15, -0.1) is 0 Å². The normalized spacial score (nSPS) is 28.5. The largest absolute Gasteiger partial charge is 0.471 e.